The Morgan fingerprint density at radius 2 is 1.85 bits per heavy atom. The van der Waals surface area contributed by atoms with Gasteiger partial charge in [0.1, 0.15) is 5.69 Å². The fourth-order valence-electron chi connectivity index (χ4n) is 2.43. The Balaban J connectivity index is 2.29. The number of nitrogens with one attached hydrogen (secondary N) is 1. The summed E-state index contributed by atoms with van der Waals surface area (Å²) < 4.78 is 5.84. The van der Waals surface area contributed by atoms with Crippen molar-refractivity contribution in [3.63, 3.8) is 0 Å². The first-order valence-electron chi connectivity index (χ1n) is 8.66. The highest BCUT2D eigenvalue weighted by Crippen LogP contribution is 2.34. The summed E-state index contributed by atoms with van der Waals surface area (Å²) in [5.74, 6) is 0.674. The number of anilines is 2. The second-order valence-electron chi connectivity index (χ2n) is 8.02. The van der Waals surface area contributed by atoms with Gasteiger partial charge in [0.25, 0.3) is 0 Å². The quantitative estimate of drug-likeness (QED) is 0.771. The van der Waals surface area contributed by atoms with Crippen LogP contribution in [0.3, 0.4) is 0 Å². The van der Waals surface area contributed by atoms with E-state index in [1.54, 1.807) is 0 Å². The normalized spacial score (nSPS) is 12.3. The first-order valence-corrected chi connectivity index (χ1v) is 9.04. The topological polar surface area (TPSA) is 86.0 Å². The van der Waals surface area contributed by atoms with Crippen molar-refractivity contribution in [2.75, 3.05) is 17.7 Å². The van der Waals surface area contributed by atoms with Gasteiger partial charge in [0.2, 0.25) is 5.95 Å². The lowest BCUT2D eigenvalue weighted by Gasteiger charge is -2.29. The Morgan fingerprint density at radius 1 is 1.15 bits per heavy atom. The minimum Gasteiger partial charge on any atom is -0.376 e. The highest BCUT2D eigenvalue weighted by Gasteiger charge is 2.23. The Labute approximate surface area is 160 Å². The largest absolute Gasteiger partial charge is 0.376 e. The maximum absolute atomic E-state index is 6.47. The van der Waals surface area contributed by atoms with Crippen LogP contribution in [0, 0.1) is 6.92 Å². The van der Waals surface area contributed by atoms with Crippen LogP contribution >= 0.6 is 11.6 Å². The third kappa shape index (κ3) is 5.54. The number of benzene rings is 1. The lowest BCUT2D eigenvalue weighted by Crippen LogP contribution is -2.34. The molecule has 0 fully saturated rings. The van der Waals surface area contributed by atoms with Gasteiger partial charge >= 0.3 is 0 Å². The molecular formula is C19H28ClN5O. The molecule has 7 heteroatoms. The summed E-state index contributed by atoms with van der Waals surface area (Å²) >= 11 is 6.47. The zero-order valence-corrected chi connectivity index (χ0v) is 17.1. The molecule has 0 saturated heterocycles. The van der Waals surface area contributed by atoms with Crippen molar-refractivity contribution in [3.8, 4) is 11.3 Å². The number of nitrogens with two attached hydrogens (primary N) is 1. The van der Waals surface area contributed by atoms with Crippen LogP contribution in [0.25, 0.3) is 11.3 Å². The van der Waals surface area contributed by atoms with Crippen molar-refractivity contribution in [1.29, 1.82) is 0 Å². The Bertz CT molecular complexity index is 771. The van der Waals surface area contributed by atoms with E-state index in [2.05, 4.69) is 34.3 Å². The van der Waals surface area contributed by atoms with Gasteiger partial charge in [-0.15, -0.1) is 10.2 Å². The van der Waals surface area contributed by atoms with Crippen molar-refractivity contribution in [1.82, 2.24) is 15.2 Å². The number of ether oxygens (including phenoxy) is 1. The van der Waals surface area contributed by atoms with Gasteiger partial charge in [-0.2, -0.15) is 4.98 Å². The number of hydrogen-bond acceptors (Lipinski definition) is 6. The second kappa shape index (κ2) is 7.76. The van der Waals surface area contributed by atoms with E-state index in [9.17, 15) is 0 Å². The standard InChI is InChI=1S/C19H28ClN5O/c1-12-8-7-9-13(14(12)20)15-16(22-17(21)25-24-15)23-19(5,6)10-11-26-18(2,3)4/h7-9H,10-11H2,1-6H3,(H3,21,22,23,25). The summed E-state index contributed by atoms with van der Waals surface area (Å²) in [6, 6.07) is 5.78. The summed E-state index contributed by atoms with van der Waals surface area (Å²) in [4.78, 5) is 4.36. The summed E-state index contributed by atoms with van der Waals surface area (Å²) in [5, 5.41) is 12.2. The van der Waals surface area contributed by atoms with Crippen molar-refractivity contribution >= 4 is 23.4 Å². The Hall–Kier alpha value is -1.92. The molecule has 142 valence electrons. The molecule has 6 nitrogen and oxygen atoms in total. The maximum atomic E-state index is 6.47. The molecule has 0 aliphatic carbocycles. The molecular weight excluding hydrogens is 350 g/mol. The van der Waals surface area contributed by atoms with E-state index in [4.69, 9.17) is 22.1 Å². The summed E-state index contributed by atoms with van der Waals surface area (Å²) in [6.07, 6.45) is 0.787. The zero-order valence-electron chi connectivity index (χ0n) is 16.4. The average Bonchev–Trinajstić information content (AvgIpc) is 2.49. The highest BCUT2D eigenvalue weighted by molar-refractivity contribution is 6.34. The molecule has 1 aromatic carbocycles. The van der Waals surface area contributed by atoms with Gasteiger partial charge in [0, 0.05) is 17.7 Å². The van der Waals surface area contributed by atoms with Crippen LogP contribution in [0.15, 0.2) is 18.2 Å². The fraction of sp³-hybridized carbons (Fsp3) is 0.526. The van der Waals surface area contributed by atoms with Crippen LogP contribution < -0.4 is 11.1 Å². The summed E-state index contributed by atoms with van der Waals surface area (Å²) in [5.41, 5.74) is 7.64. The monoisotopic (exact) mass is 377 g/mol. The molecule has 0 atom stereocenters. The number of aromatic nitrogens is 3. The van der Waals surface area contributed by atoms with Crippen LogP contribution in [0.5, 0.6) is 0 Å². The number of aryl methyl sites for hydroxylation is 1. The van der Waals surface area contributed by atoms with E-state index in [0.717, 1.165) is 17.5 Å². The van der Waals surface area contributed by atoms with Gasteiger partial charge in [0.15, 0.2) is 5.82 Å². The van der Waals surface area contributed by atoms with Crippen molar-refractivity contribution < 1.29 is 4.74 Å². The molecule has 0 aliphatic heterocycles. The maximum Gasteiger partial charge on any atom is 0.242 e. The summed E-state index contributed by atoms with van der Waals surface area (Å²) in [7, 11) is 0. The number of hydrogen-bond donors (Lipinski definition) is 2. The predicted octanol–water partition coefficient (Wildman–Crippen LogP) is 4.48. The third-order valence-corrected chi connectivity index (χ3v) is 4.37. The Kier molecular flexibility index (Phi) is 6.09. The summed E-state index contributed by atoms with van der Waals surface area (Å²) in [6.45, 7) is 12.9. The van der Waals surface area contributed by atoms with Crippen LogP contribution in [0.2, 0.25) is 5.02 Å². The van der Waals surface area contributed by atoms with E-state index in [1.807, 2.05) is 45.9 Å². The first kappa shape index (κ1) is 20.4. The Morgan fingerprint density at radius 3 is 2.50 bits per heavy atom. The molecule has 26 heavy (non-hydrogen) atoms. The smallest absolute Gasteiger partial charge is 0.242 e. The van der Waals surface area contributed by atoms with Gasteiger partial charge in [0.05, 0.1) is 10.6 Å². The van der Waals surface area contributed by atoms with E-state index < -0.39 is 0 Å². The predicted molar refractivity (Wildman–Crippen MR) is 107 cm³/mol. The minimum absolute atomic E-state index is 0.113. The van der Waals surface area contributed by atoms with Crippen molar-refractivity contribution in [3.05, 3.63) is 28.8 Å². The molecule has 0 bridgehead atoms. The first-order chi connectivity index (χ1) is 12.0. The number of nitrogen functional groups attached to an aromatic ring is 1. The van der Waals surface area contributed by atoms with Crippen molar-refractivity contribution in [2.45, 2.75) is 59.1 Å². The second-order valence-corrected chi connectivity index (χ2v) is 8.40. The van der Waals surface area contributed by atoms with Gasteiger partial charge in [-0.1, -0.05) is 29.8 Å². The zero-order chi connectivity index (χ0) is 19.5. The number of nitrogens with zero attached hydrogens (tertiary/aromatic N) is 3. The van der Waals surface area contributed by atoms with E-state index in [0.29, 0.717) is 23.1 Å². The molecule has 0 saturated carbocycles. The SMILES string of the molecule is Cc1cccc(-c2nnc(N)nc2NC(C)(C)CCOC(C)(C)C)c1Cl. The van der Waals surface area contributed by atoms with Crippen LogP contribution in [0.4, 0.5) is 11.8 Å². The van der Waals surface area contributed by atoms with Crippen LogP contribution in [-0.2, 0) is 4.74 Å². The molecule has 0 radical (unpaired) electrons. The number of rotatable bonds is 6. The molecule has 1 aromatic heterocycles. The number of halogens is 1. The average molecular weight is 378 g/mol. The fourth-order valence-corrected chi connectivity index (χ4v) is 2.65. The van der Waals surface area contributed by atoms with Crippen molar-refractivity contribution in [2.24, 2.45) is 0 Å². The van der Waals surface area contributed by atoms with E-state index >= 15 is 0 Å². The molecule has 2 rings (SSSR count). The van der Waals surface area contributed by atoms with Gasteiger partial charge in [-0.05, 0) is 53.5 Å². The highest BCUT2D eigenvalue weighted by atomic mass is 35.5. The molecule has 0 unspecified atom stereocenters. The lowest BCUT2D eigenvalue weighted by atomic mass is 10.0. The molecule has 1 heterocycles. The van der Waals surface area contributed by atoms with Gasteiger partial charge < -0.3 is 15.8 Å². The third-order valence-electron chi connectivity index (χ3n) is 3.87. The minimum atomic E-state index is -0.279. The van der Waals surface area contributed by atoms with E-state index in [1.165, 1.54) is 0 Å². The van der Waals surface area contributed by atoms with Crippen LogP contribution in [0.1, 0.15) is 46.6 Å². The van der Waals surface area contributed by atoms with Gasteiger partial charge in [-0.25, -0.2) is 0 Å². The van der Waals surface area contributed by atoms with Crippen LogP contribution in [-0.4, -0.2) is 32.9 Å². The molecule has 0 amide bonds. The molecule has 2 aromatic rings. The lowest BCUT2D eigenvalue weighted by molar-refractivity contribution is -0.00847. The molecule has 0 spiro atoms. The van der Waals surface area contributed by atoms with E-state index in [-0.39, 0.29) is 17.1 Å². The molecule has 3 N–H and O–H groups in total. The molecule has 0 aliphatic rings. The van der Waals surface area contributed by atoms with Gasteiger partial charge in [-0.3, -0.25) is 0 Å².